The number of halogens is 6. The van der Waals surface area contributed by atoms with Crippen molar-refractivity contribution in [2.24, 2.45) is 0 Å². The molecule has 0 spiro atoms. The Morgan fingerprint density at radius 3 is 2.28 bits per heavy atom. The van der Waals surface area contributed by atoms with E-state index in [0.29, 0.717) is 0 Å². The third-order valence-corrected chi connectivity index (χ3v) is 2.77. The fraction of sp³-hybridized carbons (Fsp3) is 0.300. The van der Waals surface area contributed by atoms with Crippen LogP contribution in [0.3, 0.4) is 0 Å². The quantitative estimate of drug-likeness (QED) is 0.610. The second-order valence-corrected chi connectivity index (χ2v) is 4.03. The molecule has 1 aromatic rings. The summed E-state index contributed by atoms with van der Waals surface area (Å²) in [6.07, 6.45) is -4.86. The maximum Gasteiger partial charge on any atom is 0.418 e. The van der Waals surface area contributed by atoms with Gasteiger partial charge in [-0.3, -0.25) is 4.79 Å². The number of carbonyl (C=O) groups is 1. The van der Waals surface area contributed by atoms with Crippen LogP contribution in [0.5, 0.6) is 5.75 Å². The van der Waals surface area contributed by atoms with Gasteiger partial charge in [0.1, 0.15) is 5.75 Å². The Labute approximate surface area is 107 Å². The van der Waals surface area contributed by atoms with Crippen LogP contribution in [0.25, 0.3) is 0 Å². The molecule has 0 amide bonds. The van der Waals surface area contributed by atoms with E-state index >= 15 is 0 Å². The van der Waals surface area contributed by atoms with Gasteiger partial charge < -0.3 is 4.74 Å². The lowest BCUT2D eigenvalue weighted by Crippen LogP contribution is -2.14. The molecule has 18 heavy (non-hydrogen) atoms. The van der Waals surface area contributed by atoms with Crippen molar-refractivity contribution in [3.05, 3.63) is 27.7 Å². The van der Waals surface area contributed by atoms with Gasteiger partial charge in [-0.05, 0) is 35.0 Å². The third kappa shape index (κ3) is 3.18. The monoisotopic (exact) mass is 332 g/mol. The van der Waals surface area contributed by atoms with Crippen LogP contribution < -0.4 is 4.74 Å². The minimum Gasteiger partial charge on any atom is -0.434 e. The van der Waals surface area contributed by atoms with Crippen LogP contribution >= 0.6 is 15.9 Å². The van der Waals surface area contributed by atoms with Gasteiger partial charge in [0.2, 0.25) is 0 Å². The molecule has 0 atom stereocenters. The van der Waals surface area contributed by atoms with Crippen molar-refractivity contribution in [1.82, 2.24) is 0 Å². The molecule has 100 valence electrons. The van der Waals surface area contributed by atoms with Gasteiger partial charge in [0, 0.05) is 5.56 Å². The van der Waals surface area contributed by atoms with Crippen molar-refractivity contribution in [3.8, 4) is 5.75 Å². The first-order chi connectivity index (χ1) is 8.14. The van der Waals surface area contributed by atoms with Crippen LogP contribution in [-0.4, -0.2) is 12.4 Å². The van der Waals surface area contributed by atoms with Crippen LogP contribution in [0.4, 0.5) is 22.0 Å². The van der Waals surface area contributed by atoms with Crippen LogP contribution in [0.1, 0.15) is 22.8 Å². The van der Waals surface area contributed by atoms with E-state index in [2.05, 4.69) is 20.7 Å². The lowest BCUT2D eigenvalue weighted by atomic mass is 10.0. The molecule has 0 aromatic heterocycles. The molecule has 0 radical (unpaired) electrons. The summed E-state index contributed by atoms with van der Waals surface area (Å²) in [5.41, 5.74) is -1.94. The highest BCUT2D eigenvalue weighted by atomic mass is 79.9. The van der Waals surface area contributed by atoms with Crippen molar-refractivity contribution >= 4 is 21.7 Å². The molecule has 0 saturated heterocycles. The summed E-state index contributed by atoms with van der Waals surface area (Å²) < 4.78 is 65.5. The van der Waals surface area contributed by atoms with E-state index < -0.39 is 39.9 Å². The Morgan fingerprint density at radius 2 is 1.89 bits per heavy atom. The number of carbonyl (C=O) groups excluding carboxylic acids is 1. The molecule has 0 bridgehead atoms. The molecule has 0 fully saturated rings. The predicted molar refractivity (Wildman–Crippen MR) is 55.8 cm³/mol. The molecule has 1 rings (SSSR count). The van der Waals surface area contributed by atoms with Gasteiger partial charge in [-0.2, -0.15) is 22.0 Å². The summed E-state index contributed by atoms with van der Waals surface area (Å²) in [5.74, 6) is -1.51. The van der Waals surface area contributed by atoms with Gasteiger partial charge in [0.15, 0.2) is 5.78 Å². The number of benzene rings is 1. The molecule has 0 N–H and O–H groups in total. The normalized spacial score (nSPS) is 11.8. The van der Waals surface area contributed by atoms with Crippen molar-refractivity contribution in [2.75, 3.05) is 0 Å². The number of ketones is 1. The molecular formula is C10H6BrF5O2. The summed E-state index contributed by atoms with van der Waals surface area (Å²) in [5, 5.41) is 0. The SMILES string of the molecule is CC(=O)c1ccc(OC(F)F)c(Br)c1C(F)(F)F. The van der Waals surface area contributed by atoms with Gasteiger partial charge >= 0.3 is 12.8 Å². The topological polar surface area (TPSA) is 26.3 Å². The van der Waals surface area contributed by atoms with Gasteiger partial charge in [-0.1, -0.05) is 0 Å². The number of hydrogen-bond acceptors (Lipinski definition) is 2. The van der Waals surface area contributed by atoms with E-state index in [1.165, 1.54) is 0 Å². The first-order valence-corrected chi connectivity index (χ1v) is 5.29. The van der Waals surface area contributed by atoms with Crippen molar-refractivity contribution in [3.63, 3.8) is 0 Å². The molecule has 8 heteroatoms. The zero-order chi connectivity index (χ0) is 14.1. The van der Waals surface area contributed by atoms with Crippen molar-refractivity contribution < 1.29 is 31.5 Å². The predicted octanol–water partition coefficient (Wildman–Crippen LogP) is 4.27. The van der Waals surface area contributed by atoms with Crippen LogP contribution in [-0.2, 0) is 6.18 Å². The van der Waals surface area contributed by atoms with E-state index in [1.54, 1.807) is 0 Å². The van der Waals surface area contributed by atoms with E-state index in [9.17, 15) is 26.7 Å². The van der Waals surface area contributed by atoms with Gasteiger partial charge in [0.25, 0.3) is 0 Å². The smallest absolute Gasteiger partial charge is 0.418 e. The zero-order valence-electron chi connectivity index (χ0n) is 8.82. The van der Waals surface area contributed by atoms with E-state index in [1.807, 2.05) is 0 Å². The van der Waals surface area contributed by atoms with Crippen molar-refractivity contribution in [1.29, 1.82) is 0 Å². The highest BCUT2D eigenvalue weighted by Gasteiger charge is 2.38. The Balaban J connectivity index is 3.45. The molecule has 0 aliphatic rings. The number of alkyl halides is 5. The first-order valence-electron chi connectivity index (χ1n) is 4.50. The maximum atomic E-state index is 12.8. The zero-order valence-corrected chi connectivity index (χ0v) is 10.4. The van der Waals surface area contributed by atoms with Gasteiger partial charge in [-0.15, -0.1) is 0 Å². The molecule has 1 aromatic carbocycles. The molecule has 0 heterocycles. The van der Waals surface area contributed by atoms with Crippen LogP contribution in [0, 0.1) is 0 Å². The van der Waals surface area contributed by atoms with E-state index in [4.69, 9.17) is 0 Å². The van der Waals surface area contributed by atoms with Crippen molar-refractivity contribution in [2.45, 2.75) is 19.7 Å². The van der Waals surface area contributed by atoms with Crippen LogP contribution in [0.2, 0.25) is 0 Å². The molecule has 2 nitrogen and oxygen atoms in total. The third-order valence-electron chi connectivity index (χ3n) is 1.99. The number of hydrogen-bond donors (Lipinski definition) is 0. The Morgan fingerprint density at radius 1 is 1.33 bits per heavy atom. The average molecular weight is 333 g/mol. The second kappa shape index (κ2) is 5.21. The fourth-order valence-electron chi connectivity index (χ4n) is 1.31. The molecule has 0 saturated carbocycles. The summed E-state index contributed by atoms with van der Waals surface area (Å²) >= 11 is 2.53. The molecule has 0 aliphatic carbocycles. The van der Waals surface area contributed by atoms with Gasteiger partial charge in [-0.25, -0.2) is 0 Å². The number of Topliss-reactive ketones (excluding diaryl/α,β-unsaturated/α-hetero) is 1. The minimum atomic E-state index is -4.86. The second-order valence-electron chi connectivity index (χ2n) is 3.23. The highest BCUT2D eigenvalue weighted by molar-refractivity contribution is 9.10. The molecular weight excluding hydrogens is 327 g/mol. The Hall–Kier alpha value is -1.18. The summed E-state index contributed by atoms with van der Waals surface area (Å²) in [7, 11) is 0. The standard InChI is InChI=1S/C10H6BrF5O2/c1-4(17)5-2-3-6(18-9(12)13)8(11)7(5)10(14,15)16/h2-3,9H,1H3. The fourth-order valence-corrected chi connectivity index (χ4v) is 1.98. The maximum absolute atomic E-state index is 12.8. The lowest BCUT2D eigenvalue weighted by Gasteiger charge is -2.16. The Bertz CT molecular complexity index is 470. The van der Waals surface area contributed by atoms with Crippen LogP contribution in [0.15, 0.2) is 16.6 Å². The largest absolute Gasteiger partial charge is 0.434 e. The van der Waals surface area contributed by atoms with E-state index in [-0.39, 0.29) is 0 Å². The number of ether oxygens (including phenoxy) is 1. The summed E-state index contributed by atoms with van der Waals surface area (Å²) in [6.45, 7) is -2.31. The molecule has 0 unspecified atom stereocenters. The van der Waals surface area contributed by atoms with E-state index in [0.717, 1.165) is 19.1 Å². The summed E-state index contributed by atoms with van der Waals surface area (Å²) in [4.78, 5) is 11.1. The number of rotatable bonds is 3. The summed E-state index contributed by atoms with van der Waals surface area (Å²) in [6, 6.07) is 1.68. The Kier molecular flexibility index (Phi) is 4.31. The van der Waals surface area contributed by atoms with Gasteiger partial charge in [0.05, 0.1) is 10.0 Å². The molecule has 0 aliphatic heterocycles. The highest BCUT2D eigenvalue weighted by Crippen LogP contribution is 2.42. The first kappa shape index (κ1) is 14.9. The lowest BCUT2D eigenvalue weighted by molar-refractivity contribution is -0.139. The average Bonchev–Trinajstić information content (AvgIpc) is 2.17. The minimum absolute atomic E-state index is 0.615.